The van der Waals surface area contributed by atoms with Gasteiger partial charge >= 0.3 is 5.97 Å². The summed E-state index contributed by atoms with van der Waals surface area (Å²) in [6.07, 6.45) is 7.78. The molecule has 3 nitrogen and oxygen atoms in total. The van der Waals surface area contributed by atoms with Gasteiger partial charge in [0.25, 0.3) is 0 Å². The predicted octanol–water partition coefficient (Wildman–Crippen LogP) is 3.75. The lowest BCUT2D eigenvalue weighted by Gasteiger charge is -2.31. The molecule has 1 saturated carbocycles. The molecule has 1 fully saturated rings. The van der Waals surface area contributed by atoms with E-state index >= 15 is 0 Å². The fraction of sp³-hybridized carbons (Fsp3) is 0.625. The second kappa shape index (κ2) is 6.18. The SMILES string of the molecule is Cc1cccc(CC2(C(=O)O)CCCCCCC2)n1. The number of hydrogen-bond acceptors (Lipinski definition) is 2. The number of hydrogen-bond donors (Lipinski definition) is 1. The molecule has 1 aliphatic rings. The van der Waals surface area contributed by atoms with Crippen molar-refractivity contribution in [2.75, 3.05) is 0 Å². The molecule has 0 unspecified atom stereocenters. The quantitative estimate of drug-likeness (QED) is 0.901. The second-order valence-corrected chi connectivity index (χ2v) is 5.80. The summed E-state index contributed by atoms with van der Waals surface area (Å²) >= 11 is 0. The lowest BCUT2D eigenvalue weighted by atomic mass is 9.73. The van der Waals surface area contributed by atoms with E-state index in [4.69, 9.17) is 0 Å². The highest BCUT2D eigenvalue weighted by atomic mass is 16.4. The Morgan fingerprint density at radius 2 is 1.84 bits per heavy atom. The molecular formula is C16H23NO2. The predicted molar refractivity (Wildman–Crippen MR) is 75.1 cm³/mol. The highest BCUT2D eigenvalue weighted by Crippen LogP contribution is 2.37. The Hall–Kier alpha value is -1.38. The zero-order valence-electron chi connectivity index (χ0n) is 11.7. The van der Waals surface area contributed by atoms with Gasteiger partial charge in [0.05, 0.1) is 5.41 Å². The molecule has 0 spiro atoms. The molecule has 0 atom stereocenters. The summed E-state index contributed by atoms with van der Waals surface area (Å²) in [5, 5.41) is 9.71. The maximum atomic E-state index is 11.8. The van der Waals surface area contributed by atoms with Crippen LogP contribution in [0.15, 0.2) is 18.2 Å². The summed E-state index contributed by atoms with van der Waals surface area (Å²) in [6, 6.07) is 5.88. The minimum Gasteiger partial charge on any atom is -0.481 e. The lowest BCUT2D eigenvalue weighted by molar-refractivity contribution is -0.150. The standard InChI is InChI=1S/C16H23NO2/c1-13-8-7-9-14(17-13)12-16(15(18)19)10-5-3-2-4-6-11-16/h7-9H,2-6,10-12H2,1H3,(H,18,19). The van der Waals surface area contributed by atoms with E-state index in [-0.39, 0.29) is 0 Å². The van der Waals surface area contributed by atoms with Crippen LogP contribution in [-0.2, 0) is 11.2 Å². The van der Waals surface area contributed by atoms with Crippen LogP contribution in [0.2, 0.25) is 0 Å². The molecule has 0 saturated heterocycles. The number of nitrogens with zero attached hydrogens (tertiary/aromatic N) is 1. The molecule has 0 amide bonds. The largest absolute Gasteiger partial charge is 0.481 e. The average Bonchev–Trinajstić information content (AvgIpc) is 2.32. The van der Waals surface area contributed by atoms with Crippen LogP contribution >= 0.6 is 0 Å². The van der Waals surface area contributed by atoms with E-state index in [2.05, 4.69) is 4.98 Å². The van der Waals surface area contributed by atoms with E-state index in [9.17, 15) is 9.90 Å². The Labute approximate surface area is 115 Å². The van der Waals surface area contributed by atoms with Gasteiger partial charge < -0.3 is 5.11 Å². The van der Waals surface area contributed by atoms with Gasteiger partial charge in [0.2, 0.25) is 0 Å². The molecule has 0 aliphatic heterocycles. The number of rotatable bonds is 3. The molecule has 0 radical (unpaired) electrons. The van der Waals surface area contributed by atoms with Crippen molar-refractivity contribution in [1.29, 1.82) is 0 Å². The maximum absolute atomic E-state index is 11.8. The summed E-state index contributed by atoms with van der Waals surface area (Å²) in [4.78, 5) is 16.3. The summed E-state index contributed by atoms with van der Waals surface area (Å²) in [5.41, 5.74) is 1.29. The Kier molecular flexibility index (Phi) is 4.56. The average molecular weight is 261 g/mol. The lowest BCUT2D eigenvalue weighted by Crippen LogP contribution is -2.34. The normalized spacial score (nSPS) is 19.4. The highest BCUT2D eigenvalue weighted by molar-refractivity contribution is 5.75. The molecule has 1 aromatic heterocycles. The molecule has 1 aliphatic carbocycles. The van der Waals surface area contributed by atoms with Crippen LogP contribution in [0.3, 0.4) is 0 Å². The van der Waals surface area contributed by atoms with Gasteiger partial charge in [-0.15, -0.1) is 0 Å². The Morgan fingerprint density at radius 1 is 1.21 bits per heavy atom. The molecule has 1 aromatic rings. The molecular weight excluding hydrogens is 238 g/mol. The zero-order valence-corrected chi connectivity index (χ0v) is 11.7. The molecule has 3 heteroatoms. The van der Waals surface area contributed by atoms with Crippen LogP contribution in [0.1, 0.15) is 56.3 Å². The molecule has 0 bridgehead atoms. The molecule has 104 valence electrons. The number of pyridine rings is 1. The van der Waals surface area contributed by atoms with E-state index in [0.717, 1.165) is 49.9 Å². The molecule has 19 heavy (non-hydrogen) atoms. The first-order valence-electron chi connectivity index (χ1n) is 7.28. The first-order chi connectivity index (χ1) is 9.12. The van der Waals surface area contributed by atoms with E-state index in [0.29, 0.717) is 6.42 Å². The van der Waals surface area contributed by atoms with E-state index in [1.165, 1.54) is 6.42 Å². The monoisotopic (exact) mass is 261 g/mol. The van der Waals surface area contributed by atoms with E-state index in [1.54, 1.807) is 0 Å². The number of aromatic nitrogens is 1. The number of carbonyl (C=O) groups is 1. The number of aliphatic carboxylic acids is 1. The van der Waals surface area contributed by atoms with Gasteiger partial charge in [-0.3, -0.25) is 9.78 Å². The Balaban J connectivity index is 2.20. The zero-order chi connectivity index (χ0) is 13.7. The minimum absolute atomic E-state index is 0.573. The topological polar surface area (TPSA) is 50.2 Å². The molecule has 2 rings (SSSR count). The van der Waals surface area contributed by atoms with Gasteiger partial charge in [-0.1, -0.05) is 38.2 Å². The van der Waals surface area contributed by atoms with Crippen molar-refractivity contribution in [1.82, 2.24) is 4.98 Å². The van der Waals surface area contributed by atoms with Crippen LogP contribution < -0.4 is 0 Å². The fourth-order valence-corrected chi connectivity index (χ4v) is 3.09. The van der Waals surface area contributed by atoms with Crippen LogP contribution in [0.25, 0.3) is 0 Å². The fourth-order valence-electron chi connectivity index (χ4n) is 3.09. The van der Waals surface area contributed by atoms with Gasteiger partial charge in [-0.2, -0.15) is 0 Å². The third kappa shape index (κ3) is 3.55. The van der Waals surface area contributed by atoms with E-state index in [1.807, 2.05) is 25.1 Å². The number of carboxylic acids is 1. The van der Waals surface area contributed by atoms with Gasteiger partial charge in [0.15, 0.2) is 0 Å². The summed E-state index contributed by atoms with van der Waals surface area (Å²) in [5.74, 6) is -0.641. The Morgan fingerprint density at radius 3 is 2.42 bits per heavy atom. The van der Waals surface area contributed by atoms with Crippen LogP contribution in [0.4, 0.5) is 0 Å². The van der Waals surface area contributed by atoms with Crippen molar-refractivity contribution in [3.8, 4) is 0 Å². The second-order valence-electron chi connectivity index (χ2n) is 5.80. The number of carboxylic acid groups (broad SMARTS) is 1. The third-order valence-electron chi connectivity index (χ3n) is 4.23. The molecule has 1 N–H and O–H groups in total. The van der Waals surface area contributed by atoms with Crippen LogP contribution in [-0.4, -0.2) is 16.1 Å². The summed E-state index contributed by atoms with van der Waals surface area (Å²) in [6.45, 7) is 1.95. The summed E-state index contributed by atoms with van der Waals surface area (Å²) < 4.78 is 0. The van der Waals surface area contributed by atoms with Gasteiger partial charge in [0, 0.05) is 17.8 Å². The van der Waals surface area contributed by atoms with Crippen molar-refractivity contribution in [3.63, 3.8) is 0 Å². The molecule has 0 aromatic carbocycles. The van der Waals surface area contributed by atoms with Crippen LogP contribution in [0, 0.1) is 12.3 Å². The van der Waals surface area contributed by atoms with Crippen molar-refractivity contribution in [2.45, 2.75) is 58.3 Å². The van der Waals surface area contributed by atoms with Crippen LogP contribution in [0.5, 0.6) is 0 Å². The minimum atomic E-state index is -0.641. The first-order valence-corrected chi connectivity index (χ1v) is 7.28. The third-order valence-corrected chi connectivity index (χ3v) is 4.23. The van der Waals surface area contributed by atoms with Crippen molar-refractivity contribution >= 4 is 5.97 Å². The van der Waals surface area contributed by atoms with E-state index < -0.39 is 11.4 Å². The van der Waals surface area contributed by atoms with Crippen molar-refractivity contribution in [3.05, 3.63) is 29.6 Å². The van der Waals surface area contributed by atoms with Gasteiger partial charge in [-0.05, 0) is 31.9 Å². The molecule has 1 heterocycles. The first kappa shape index (κ1) is 14.0. The van der Waals surface area contributed by atoms with Gasteiger partial charge in [0.1, 0.15) is 0 Å². The smallest absolute Gasteiger partial charge is 0.310 e. The maximum Gasteiger partial charge on any atom is 0.310 e. The number of aryl methyl sites for hydroxylation is 1. The Bertz CT molecular complexity index is 434. The van der Waals surface area contributed by atoms with Gasteiger partial charge in [-0.25, -0.2) is 0 Å². The van der Waals surface area contributed by atoms with Crippen molar-refractivity contribution in [2.24, 2.45) is 5.41 Å². The van der Waals surface area contributed by atoms with Crippen molar-refractivity contribution < 1.29 is 9.90 Å². The highest BCUT2D eigenvalue weighted by Gasteiger charge is 2.38. The summed E-state index contributed by atoms with van der Waals surface area (Å²) in [7, 11) is 0.